The molecule has 0 unspecified atom stereocenters. The van der Waals surface area contributed by atoms with Crippen LogP contribution in [-0.4, -0.2) is 8.82 Å². The number of benzene rings is 1. The third-order valence-electron chi connectivity index (χ3n) is 1.60. The van der Waals surface area contributed by atoms with Crippen LogP contribution in [-0.2, 0) is 6.61 Å². The maximum Gasteiger partial charge on any atom is 0.101 e. The van der Waals surface area contributed by atoms with Gasteiger partial charge in [-0.15, -0.1) is 0 Å². The van der Waals surface area contributed by atoms with Crippen molar-refractivity contribution in [1.82, 2.24) is 0 Å². The van der Waals surface area contributed by atoms with E-state index in [0.717, 1.165) is 0 Å². The molecule has 0 aromatic heterocycles. The Balaban J connectivity index is 3.23. The fourth-order valence-electron chi connectivity index (χ4n) is 0.942. The lowest BCUT2D eigenvalue weighted by Gasteiger charge is -2.06. The molecule has 0 atom stereocenters. The molecule has 4 heteroatoms. The molecule has 3 nitrogen and oxygen atoms in total. The monoisotopic (exact) mass is 276 g/mol. The van der Waals surface area contributed by atoms with Crippen LogP contribution in [0, 0.1) is 5.41 Å². The van der Waals surface area contributed by atoms with Crippen LogP contribution in [0.25, 0.3) is 0 Å². The van der Waals surface area contributed by atoms with E-state index in [1.165, 1.54) is 0 Å². The van der Waals surface area contributed by atoms with Crippen LogP contribution in [0.4, 0.5) is 5.69 Å². The van der Waals surface area contributed by atoms with E-state index in [-0.39, 0.29) is 6.61 Å². The van der Waals surface area contributed by atoms with Crippen molar-refractivity contribution in [3.05, 3.63) is 29.3 Å². The quantitative estimate of drug-likeness (QED) is 0.435. The van der Waals surface area contributed by atoms with Gasteiger partial charge >= 0.3 is 0 Å². The van der Waals surface area contributed by atoms with Gasteiger partial charge in [-0.3, -0.25) is 5.41 Å². The summed E-state index contributed by atoms with van der Waals surface area (Å²) in [6.45, 7) is -0.0798. The second-order valence-electron chi connectivity index (χ2n) is 2.35. The molecular formula is C8H9IN2O. The molecule has 1 aromatic carbocycles. The zero-order valence-electron chi connectivity index (χ0n) is 6.34. The summed E-state index contributed by atoms with van der Waals surface area (Å²) >= 11 is 1.89. The van der Waals surface area contributed by atoms with Crippen molar-refractivity contribution >= 4 is 32.0 Å². The number of para-hydroxylation sites is 1. The Kier molecular flexibility index (Phi) is 3.05. The predicted octanol–water partition coefficient (Wildman–Crippen LogP) is 1.52. The van der Waals surface area contributed by atoms with Crippen molar-refractivity contribution in [3.8, 4) is 0 Å². The number of halogens is 1. The van der Waals surface area contributed by atoms with Crippen LogP contribution in [0.3, 0.4) is 0 Å². The molecule has 12 heavy (non-hydrogen) atoms. The normalized spacial score (nSPS) is 9.83. The highest BCUT2D eigenvalue weighted by Crippen LogP contribution is 2.19. The van der Waals surface area contributed by atoms with Crippen molar-refractivity contribution in [1.29, 1.82) is 5.41 Å². The van der Waals surface area contributed by atoms with Gasteiger partial charge < -0.3 is 10.8 Å². The SMILES string of the molecule is N=C(I)c1cccc(CO)c1N. The van der Waals surface area contributed by atoms with Crippen molar-refractivity contribution < 1.29 is 5.11 Å². The maximum absolute atomic E-state index is 8.87. The second-order valence-corrected chi connectivity index (χ2v) is 3.43. The number of rotatable bonds is 2. The summed E-state index contributed by atoms with van der Waals surface area (Å²) in [5.74, 6) is 0. The molecule has 0 spiro atoms. The van der Waals surface area contributed by atoms with Gasteiger partial charge in [-0.05, 0) is 22.6 Å². The van der Waals surface area contributed by atoms with Crippen molar-refractivity contribution in [3.63, 3.8) is 0 Å². The van der Waals surface area contributed by atoms with Gasteiger partial charge in [0.2, 0.25) is 0 Å². The standard InChI is InChI=1S/C8H9IN2O/c9-8(11)6-3-1-2-5(4-12)7(6)10/h1-3,11-12H,4,10H2. The molecule has 1 aromatic rings. The fourth-order valence-corrected chi connectivity index (χ4v) is 1.41. The van der Waals surface area contributed by atoms with Crippen molar-refractivity contribution in [2.45, 2.75) is 6.61 Å². The summed E-state index contributed by atoms with van der Waals surface area (Å²) in [7, 11) is 0. The molecule has 0 aliphatic heterocycles. The van der Waals surface area contributed by atoms with Crippen LogP contribution in [0.15, 0.2) is 18.2 Å². The Bertz CT molecular complexity index is 312. The van der Waals surface area contributed by atoms with Crippen LogP contribution in [0.1, 0.15) is 11.1 Å². The molecule has 0 saturated carbocycles. The minimum atomic E-state index is -0.0798. The van der Waals surface area contributed by atoms with Crippen LogP contribution in [0.5, 0.6) is 0 Å². The van der Waals surface area contributed by atoms with Gasteiger partial charge in [0.25, 0.3) is 0 Å². The second kappa shape index (κ2) is 3.86. The van der Waals surface area contributed by atoms with Gasteiger partial charge in [0.15, 0.2) is 0 Å². The summed E-state index contributed by atoms with van der Waals surface area (Å²) in [5, 5.41) is 16.2. The first-order valence-electron chi connectivity index (χ1n) is 3.39. The number of hydrogen-bond donors (Lipinski definition) is 3. The summed E-state index contributed by atoms with van der Waals surface area (Å²) < 4.78 is 0.389. The lowest BCUT2D eigenvalue weighted by Crippen LogP contribution is -2.01. The fraction of sp³-hybridized carbons (Fsp3) is 0.125. The molecule has 0 saturated heterocycles. The number of anilines is 1. The van der Waals surface area contributed by atoms with Gasteiger partial charge in [-0.1, -0.05) is 18.2 Å². The van der Waals surface area contributed by atoms with Gasteiger partial charge in [-0.2, -0.15) is 0 Å². The number of nitrogens with one attached hydrogen (secondary N) is 1. The van der Waals surface area contributed by atoms with Gasteiger partial charge in [0, 0.05) is 16.8 Å². The highest BCUT2D eigenvalue weighted by molar-refractivity contribution is 14.1. The largest absolute Gasteiger partial charge is 0.398 e. The first-order chi connectivity index (χ1) is 5.66. The van der Waals surface area contributed by atoms with Gasteiger partial charge in [-0.25, -0.2) is 0 Å². The van der Waals surface area contributed by atoms with E-state index in [0.29, 0.717) is 20.5 Å². The third-order valence-corrected chi connectivity index (χ3v) is 2.18. The van der Waals surface area contributed by atoms with Gasteiger partial charge in [0.1, 0.15) is 3.72 Å². The molecule has 0 radical (unpaired) electrons. The van der Waals surface area contributed by atoms with Crippen molar-refractivity contribution in [2.75, 3.05) is 5.73 Å². The number of nitrogen functional groups attached to an aromatic ring is 1. The molecule has 0 aliphatic rings. The highest BCUT2D eigenvalue weighted by Gasteiger charge is 2.05. The molecule has 0 amide bonds. The molecule has 0 fully saturated rings. The summed E-state index contributed by atoms with van der Waals surface area (Å²) in [6.07, 6.45) is 0. The zero-order chi connectivity index (χ0) is 9.14. The molecule has 64 valence electrons. The number of aliphatic hydroxyl groups is 1. The van der Waals surface area contributed by atoms with E-state index in [9.17, 15) is 0 Å². The van der Waals surface area contributed by atoms with Crippen LogP contribution >= 0.6 is 22.6 Å². The Hall–Kier alpha value is -0.620. The number of nitrogens with two attached hydrogens (primary N) is 1. The first kappa shape index (κ1) is 9.47. The third kappa shape index (κ3) is 1.75. The van der Waals surface area contributed by atoms with E-state index in [4.69, 9.17) is 16.2 Å². The average Bonchev–Trinajstić information content (AvgIpc) is 2.04. The minimum Gasteiger partial charge on any atom is -0.398 e. The van der Waals surface area contributed by atoms with Crippen LogP contribution < -0.4 is 5.73 Å². The Morgan fingerprint density at radius 2 is 2.25 bits per heavy atom. The molecular weight excluding hydrogens is 267 g/mol. The van der Waals surface area contributed by atoms with E-state index in [2.05, 4.69) is 0 Å². The summed E-state index contributed by atoms with van der Waals surface area (Å²) in [4.78, 5) is 0. The Morgan fingerprint density at radius 1 is 1.58 bits per heavy atom. The lowest BCUT2D eigenvalue weighted by atomic mass is 10.1. The zero-order valence-corrected chi connectivity index (χ0v) is 8.50. The van der Waals surface area contributed by atoms with Crippen molar-refractivity contribution in [2.24, 2.45) is 0 Å². The predicted molar refractivity (Wildman–Crippen MR) is 57.6 cm³/mol. The van der Waals surface area contributed by atoms with E-state index in [1.807, 2.05) is 22.6 Å². The first-order valence-corrected chi connectivity index (χ1v) is 4.47. The topological polar surface area (TPSA) is 70.1 Å². The molecule has 1 rings (SSSR count). The Morgan fingerprint density at radius 3 is 2.75 bits per heavy atom. The average molecular weight is 276 g/mol. The minimum absolute atomic E-state index is 0.0798. The molecule has 0 aliphatic carbocycles. The lowest BCUT2D eigenvalue weighted by molar-refractivity contribution is 0.282. The molecule has 0 heterocycles. The van der Waals surface area contributed by atoms with E-state index >= 15 is 0 Å². The maximum atomic E-state index is 8.87. The smallest absolute Gasteiger partial charge is 0.101 e. The Labute approximate surface area is 84.2 Å². The summed E-state index contributed by atoms with van der Waals surface area (Å²) in [5.41, 5.74) is 7.55. The number of hydrogen-bond acceptors (Lipinski definition) is 3. The highest BCUT2D eigenvalue weighted by atomic mass is 127. The molecule has 4 N–H and O–H groups in total. The van der Waals surface area contributed by atoms with Gasteiger partial charge in [0.05, 0.1) is 6.61 Å². The van der Waals surface area contributed by atoms with E-state index < -0.39 is 0 Å². The van der Waals surface area contributed by atoms with E-state index in [1.54, 1.807) is 18.2 Å². The number of aliphatic hydroxyl groups excluding tert-OH is 1. The van der Waals surface area contributed by atoms with Crippen LogP contribution in [0.2, 0.25) is 0 Å². The molecule has 0 bridgehead atoms. The summed E-state index contributed by atoms with van der Waals surface area (Å²) in [6, 6.07) is 5.30.